The summed E-state index contributed by atoms with van der Waals surface area (Å²) >= 11 is 0. The highest BCUT2D eigenvalue weighted by Gasteiger charge is 2.26. The molecule has 1 unspecified atom stereocenters. The van der Waals surface area contributed by atoms with Gasteiger partial charge in [-0.15, -0.1) is 0 Å². The number of rotatable bonds is 2. The Morgan fingerprint density at radius 1 is 1.05 bits per heavy atom. The molecule has 21 heavy (non-hydrogen) atoms. The highest BCUT2D eigenvalue weighted by atomic mass is 19.2. The predicted octanol–water partition coefficient (Wildman–Crippen LogP) is 4.94. The Labute approximate surface area is 122 Å². The van der Waals surface area contributed by atoms with Crippen molar-refractivity contribution < 1.29 is 13.2 Å². The standard InChI is InChI=1S/C18H17F3/c1-2-11-3-5-12(6-4-11)13-7-8-15-14(9-13)10-16(19)18(21)17(15)20/h3-6,10,13H,2,7-9H2,1H3. The molecule has 0 nitrogen and oxygen atoms in total. The molecule has 0 heterocycles. The van der Waals surface area contributed by atoms with Crippen molar-refractivity contribution in [1.82, 2.24) is 0 Å². The Bertz CT molecular complexity index is 659. The van der Waals surface area contributed by atoms with E-state index >= 15 is 0 Å². The van der Waals surface area contributed by atoms with Gasteiger partial charge in [-0.1, -0.05) is 31.2 Å². The van der Waals surface area contributed by atoms with Crippen molar-refractivity contribution in [2.24, 2.45) is 0 Å². The fraction of sp³-hybridized carbons (Fsp3) is 0.333. The second-order valence-corrected chi connectivity index (χ2v) is 5.66. The maximum absolute atomic E-state index is 13.8. The zero-order valence-electron chi connectivity index (χ0n) is 11.9. The Morgan fingerprint density at radius 2 is 1.76 bits per heavy atom. The van der Waals surface area contributed by atoms with Crippen molar-refractivity contribution in [1.29, 1.82) is 0 Å². The quantitative estimate of drug-likeness (QED) is 0.687. The van der Waals surface area contributed by atoms with Gasteiger partial charge in [0.15, 0.2) is 17.5 Å². The summed E-state index contributed by atoms with van der Waals surface area (Å²) in [5.74, 6) is -3.20. The van der Waals surface area contributed by atoms with E-state index in [0.717, 1.165) is 18.9 Å². The number of halogens is 3. The summed E-state index contributed by atoms with van der Waals surface area (Å²) in [5, 5.41) is 0. The average Bonchev–Trinajstić information content (AvgIpc) is 2.52. The van der Waals surface area contributed by atoms with E-state index < -0.39 is 17.5 Å². The molecule has 0 radical (unpaired) electrons. The van der Waals surface area contributed by atoms with E-state index in [1.165, 1.54) is 11.1 Å². The van der Waals surface area contributed by atoms with Gasteiger partial charge in [-0.2, -0.15) is 0 Å². The lowest BCUT2D eigenvalue weighted by Gasteiger charge is -2.25. The van der Waals surface area contributed by atoms with Gasteiger partial charge in [-0.25, -0.2) is 13.2 Å². The van der Waals surface area contributed by atoms with Crippen LogP contribution in [0.2, 0.25) is 0 Å². The molecule has 0 spiro atoms. The number of hydrogen-bond acceptors (Lipinski definition) is 0. The molecule has 2 aromatic carbocycles. The lowest BCUT2D eigenvalue weighted by molar-refractivity contribution is 0.428. The minimum atomic E-state index is -1.35. The number of hydrogen-bond donors (Lipinski definition) is 0. The van der Waals surface area contributed by atoms with E-state index in [9.17, 15) is 13.2 Å². The highest BCUT2D eigenvalue weighted by Crippen LogP contribution is 2.35. The van der Waals surface area contributed by atoms with Crippen molar-refractivity contribution >= 4 is 0 Å². The van der Waals surface area contributed by atoms with Crippen LogP contribution in [0.1, 0.15) is 41.5 Å². The lowest BCUT2D eigenvalue weighted by atomic mass is 9.79. The van der Waals surface area contributed by atoms with Crippen LogP contribution in [0.5, 0.6) is 0 Å². The Balaban J connectivity index is 1.90. The molecule has 0 saturated heterocycles. The molecule has 0 fully saturated rings. The van der Waals surface area contributed by atoms with Crippen molar-refractivity contribution in [3.8, 4) is 0 Å². The van der Waals surface area contributed by atoms with E-state index in [-0.39, 0.29) is 5.92 Å². The molecule has 0 saturated carbocycles. The monoisotopic (exact) mass is 290 g/mol. The molecule has 2 aromatic rings. The Hall–Kier alpha value is -1.77. The summed E-state index contributed by atoms with van der Waals surface area (Å²) in [4.78, 5) is 0. The SMILES string of the molecule is CCc1ccc(C2CCc3c(cc(F)c(F)c3F)C2)cc1. The van der Waals surface area contributed by atoms with Crippen LogP contribution in [-0.2, 0) is 19.3 Å². The first-order chi connectivity index (χ1) is 10.1. The van der Waals surface area contributed by atoms with Crippen LogP contribution >= 0.6 is 0 Å². The Morgan fingerprint density at radius 3 is 2.43 bits per heavy atom. The van der Waals surface area contributed by atoms with Crippen molar-refractivity contribution in [3.05, 3.63) is 70.0 Å². The van der Waals surface area contributed by atoms with E-state index in [1.54, 1.807) is 0 Å². The van der Waals surface area contributed by atoms with Crippen LogP contribution in [0, 0.1) is 17.5 Å². The summed E-state index contributed by atoms with van der Waals surface area (Å²) in [6.07, 6.45) is 2.78. The fourth-order valence-corrected chi connectivity index (χ4v) is 3.13. The van der Waals surface area contributed by atoms with Crippen LogP contribution in [0.3, 0.4) is 0 Å². The number of benzene rings is 2. The molecule has 1 aliphatic rings. The zero-order chi connectivity index (χ0) is 15.0. The molecule has 0 aliphatic heterocycles. The van der Waals surface area contributed by atoms with Gasteiger partial charge in [0, 0.05) is 0 Å². The molecule has 0 aromatic heterocycles. The van der Waals surface area contributed by atoms with Gasteiger partial charge in [0.25, 0.3) is 0 Å². The van der Waals surface area contributed by atoms with Crippen LogP contribution in [0.4, 0.5) is 13.2 Å². The van der Waals surface area contributed by atoms with Gasteiger partial charge < -0.3 is 0 Å². The van der Waals surface area contributed by atoms with Gasteiger partial charge >= 0.3 is 0 Å². The summed E-state index contributed by atoms with van der Waals surface area (Å²) in [7, 11) is 0. The first kappa shape index (κ1) is 14.2. The van der Waals surface area contributed by atoms with Crippen molar-refractivity contribution in [3.63, 3.8) is 0 Å². The maximum atomic E-state index is 13.8. The smallest absolute Gasteiger partial charge is 0.194 e. The topological polar surface area (TPSA) is 0 Å². The molecular weight excluding hydrogens is 273 g/mol. The zero-order valence-corrected chi connectivity index (χ0v) is 11.9. The summed E-state index contributed by atoms with van der Waals surface area (Å²) < 4.78 is 40.4. The largest absolute Gasteiger partial charge is 0.204 e. The van der Waals surface area contributed by atoms with Gasteiger partial charge in [-0.3, -0.25) is 0 Å². The van der Waals surface area contributed by atoms with Crippen LogP contribution in [0.25, 0.3) is 0 Å². The van der Waals surface area contributed by atoms with Crippen molar-refractivity contribution in [2.75, 3.05) is 0 Å². The van der Waals surface area contributed by atoms with E-state index in [4.69, 9.17) is 0 Å². The summed E-state index contributed by atoms with van der Waals surface area (Å²) in [5.41, 5.74) is 3.40. The second kappa shape index (κ2) is 5.55. The van der Waals surface area contributed by atoms with Crippen LogP contribution in [-0.4, -0.2) is 0 Å². The predicted molar refractivity (Wildman–Crippen MR) is 76.9 cm³/mol. The molecule has 0 N–H and O–H groups in total. The first-order valence-electron chi connectivity index (χ1n) is 7.34. The minimum Gasteiger partial charge on any atom is -0.204 e. The molecule has 110 valence electrons. The van der Waals surface area contributed by atoms with Crippen LogP contribution < -0.4 is 0 Å². The number of aryl methyl sites for hydroxylation is 1. The molecular formula is C18H17F3. The van der Waals surface area contributed by atoms with Gasteiger partial charge in [0.05, 0.1) is 0 Å². The highest BCUT2D eigenvalue weighted by molar-refractivity contribution is 5.36. The van der Waals surface area contributed by atoms with E-state index in [2.05, 4.69) is 31.2 Å². The minimum absolute atomic E-state index is 0.243. The third kappa shape index (κ3) is 2.57. The fourth-order valence-electron chi connectivity index (χ4n) is 3.13. The molecule has 3 heteroatoms. The second-order valence-electron chi connectivity index (χ2n) is 5.66. The van der Waals surface area contributed by atoms with Gasteiger partial charge in [-0.05, 0) is 59.9 Å². The maximum Gasteiger partial charge on any atom is 0.194 e. The molecule has 3 rings (SSSR count). The van der Waals surface area contributed by atoms with Gasteiger partial charge in [0.1, 0.15) is 0 Å². The summed E-state index contributed by atoms with van der Waals surface area (Å²) in [6, 6.07) is 9.52. The van der Waals surface area contributed by atoms with Gasteiger partial charge in [0.2, 0.25) is 0 Å². The van der Waals surface area contributed by atoms with Crippen LogP contribution in [0.15, 0.2) is 30.3 Å². The lowest BCUT2D eigenvalue weighted by Crippen LogP contribution is -2.16. The third-order valence-corrected chi connectivity index (χ3v) is 4.42. The Kier molecular flexibility index (Phi) is 3.75. The third-order valence-electron chi connectivity index (χ3n) is 4.42. The molecule has 0 amide bonds. The van der Waals surface area contributed by atoms with Crippen molar-refractivity contribution in [2.45, 2.75) is 38.5 Å². The van der Waals surface area contributed by atoms with E-state index in [1.807, 2.05) is 0 Å². The molecule has 0 bridgehead atoms. The molecule has 1 atom stereocenters. The summed E-state index contributed by atoms with van der Waals surface area (Å²) in [6.45, 7) is 2.10. The average molecular weight is 290 g/mol. The van der Waals surface area contributed by atoms with E-state index in [0.29, 0.717) is 24.0 Å². The first-order valence-corrected chi connectivity index (χ1v) is 7.34. The normalized spacial score (nSPS) is 17.6. The molecule has 1 aliphatic carbocycles. The number of fused-ring (bicyclic) bond motifs is 1.